The Morgan fingerprint density at radius 3 is 2.32 bits per heavy atom. The lowest BCUT2D eigenvalue weighted by Crippen LogP contribution is -2.19. The van der Waals surface area contributed by atoms with Crippen LogP contribution in [0.25, 0.3) is 0 Å². The van der Waals surface area contributed by atoms with Gasteiger partial charge in [-0.1, -0.05) is 29.8 Å². The molecule has 0 fully saturated rings. The summed E-state index contributed by atoms with van der Waals surface area (Å²) in [6.45, 7) is 2.41. The number of hydrogen-bond acceptors (Lipinski definition) is 2. The van der Waals surface area contributed by atoms with Gasteiger partial charge in [0.25, 0.3) is 0 Å². The third-order valence-electron chi connectivity index (χ3n) is 2.92. The van der Waals surface area contributed by atoms with Gasteiger partial charge in [-0.05, 0) is 24.6 Å². The van der Waals surface area contributed by atoms with Gasteiger partial charge in [0, 0.05) is 19.3 Å². The summed E-state index contributed by atoms with van der Waals surface area (Å²) >= 11 is 0. The lowest BCUT2D eigenvalue weighted by Gasteiger charge is -2.21. The van der Waals surface area contributed by atoms with Crippen molar-refractivity contribution in [3.05, 3.63) is 59.2 Å². The zero-order valence-corrected chi connectivity index (χ0v) is 11.0. The Morgan fingerprint density at radius 2 is 1.74 bits per heavy atom. The summed E-state index contributed by atoms with van der Waals surface area (Å²) in [7, 11) is 1.65. The van der Waals surface area contributed by atoms with E-state index in [-0.39, 0.29) is 11.4 Å². The van der Waals surface area contributed by atoms with Crippen molar-refractivity contribution in [2.75, 3.05) is 17.7 Å². The molecule has 2 N–H and O–H groups in total. The average molecular weight is 262 g/mol. The van der Waals surface area contributed by atoms with Gasteiger partial charge in [-0.15, -0.1) is 0 Å². The molecule has 0 saturated heterocycles. The molecule has 0 heterocycles. The Morgan fingerprint density at radius 1 is 1.11 bits per heavy atom. The van der Waals surface area contributed by atoms with Crippen LogP contribution < -0.4 is 10.6 Å². The highest BCUT2D eigenvalue weighted by Gasteiger charge is 2.14. The monoisotopic (exact) mass is 262 g/mol. The van der Waals surface area contributed by atoms with Crippen LogP contribution >= 0.6 is 0 Å². The topological polar surface area (TPSA) is 29.3 Å². The molecule has 0 aliphatic heterocycles. The minimum absolute atomic E-state index is 0.0595. The van der Waals surface area contributed by atoms with Crippen molar-refractivity contribution in [1.82, 2.24) is 0 Å². The smallest absolute Gasteiger partial charge is 0.151 e. The van der Waals surface area contributed by atoms with Crippen LogP contribution in [0.4, 0.5) is 20.2 Å². The highest BCUT2D eigenvalue weighted by atomic mass is 19.1. The standard InChI is InChI=1S/C15H16F2N2/c1-10-4-3-5-11(6-10)9-19(2)15-13(16)7-12(18)8-14(15)17/h3-8H,9,18H2,1-2H3. The predicted octanol–water partition coefficient (Wildman–Crippen LogP) is 3.49. The fourth-order valence-electron chi connectivity index (χ4n) is 2.11. The highest BCUT2D eigenvalue weighted by molar-refractivity contribution is 5.55. The Balaban J connectivity index is 2.28. The summed E-state index contributed by atoms with van der Waals surface area (Å²) in [4.78, 5) is 1.54. The SMILES string of the molecule is Cc1cccc(CN(C)c2c(F)cc(N)cc2F)c1. The fourth-order valence-corrected chi connectivity index (χ4v) is 2.11. The number of halogens is 2. The minimum Gasteiger partial charge on any atom is -0.399 e. The van der Waals surface area contributed by atoms with Gasteiger partial charge in [0.15, 0.2) is 11.6 Å². The Kier molecular flexibility index (Phi) is 3.69. The second-order valence-corrected chi connectivity index (χ2v) is 4.68. The molecule has 100 valence electrons. The van der Waals surface area contributed by atoms with Crippen LogP contribution in [0.15, 0.2) is 36.4 Å². The lowest BCUT2D eigenvalue weighted by molar-refractivity contribution is 0.578. The van der Waals surface area contributed by atoms with E-state index in [1.165, 1.54) is 0 Å². The molecule has 2 nitrogen and oxygen atoms in total. The first kappa shape index (κ1) is 13.3. The van der Waals surface area contributed by atoms with Gasteiger partial charge in [-0.3, -0.25) is 0 Å². The maximum absolute atomic E-state index is 13.8. The number of hydrogen-bond donors (Lipinski definition) is 1. The molecular weight excluding hydrogens is 246 g/mol. The van der Waals surface area contributed by atoms with Crippen LogP contribution in [-0.2, 0) is 6.54 Å². The number of rotatable bonds is 3. The number of anilines is 2. The first-order valence-corrected chi connectivity index (χ1v) is 5.98. The van der Waals surface area contributed by atoms with Crippen LogP contribution in [0.5, 0.6) is 0 Å². The number of nitrogen functional groups attached to an aromatic ring is 1. The summed E-state index contributed by atoms with van der Waals surface area (Å²) in [6.07, 6.45) is 0. The molecule has 4 heteroatoms. The first-order valence-electron chi connectivity index (χ1n) is 5.98. The summed E-state index contributed by atoms with van der Waals surface area (Å²) in [5.74, 6) is -1.29. The van der Waals surface area contributed by atoms with E-state index in [9.17, 15) is 8.78 Å². The summed E-state index contributed by atoms with van der Waals surface area (Å²) in [5.41, 5.74) is 7.54. The maximum atomic E-state index is 13.8. The molecule has 0 aliphatic carbocycles. The van der Waals surface area contributed by atoms with E-state index in [0.717, 1.165) is 23.3 Å². The molecule has 0 saturated carbocycles. The molecule has 0 bridgehead atoms. The number of aryl methyl sites for hydroxylation is 1. The van der Waals surface area contributed by atoms with E-state index in [2.05, 4.69) is 0 Å². The third kappa shape index (κ3) is 3.02. The lowest BCUT2D eigenvalue weighted by atomic mass is 10.1. The number of nitrogens with zero attached hydrogens (tertiary/aromatic N) is 1. The normalized spacial score (nSPS) is 10.5. The van der Waals surface area contributed by atoms with Crippen molar-refractivity contribution in [1.29, 1.82) is 0 Å². The molecule has 19 heavy (non-hydrogen) atoms. The molecule has 0 aromatic heterocycles. The van der Waals surface area contributed by atoms with Crippen molar-refractivity contribution in [3.63, 3.8) is 0 Å². The zero-order chi connectivity index (χ0) is 14.0. The van der Waals surface area contributed by atoms with Crippen LogP contribution in [0.3, 0.4) is 0 Å². The van der Waals surface area contributed by atoms with E-state index in [1.807, 2.05) is 31.2 Å². The van der Waals surface area contributed by atoms with E-state index < -0.39 is 11.6 Å². The molecule has 2 aromatic rings. The second kappa shape index (κ2) is 5.26. The average Bonchev–Trinajstić information content (AvgIpc) is 2.27. The molecular formula is C15H16F2N2. The Labute approximate surface area is 111 Å². The van der Waals surface area contributed by atoms with E-state index in [4.69, 9.17) is 5.73 Å². The molecule has 2 aromatic carbocycles. The summed E-state index contributed by atoms with van der Waals surface area (Å²) in [5, 5.41) is 0. The van der Waals surface area contributed by atoms with Crippen LogP contribution in [-0.4, -0.2) is 7.05 Å². The molecule has 0 unspecified atom stereocenters. The minimum atomic E-state index is -0.646. The highest BCUT2D eigenvalue weighted by Crippen LogP contribution is 2.26. The Hall–Kier alpha value is -2.10. The molecule has 0 aliphatic rings. The summed E-state index contributed by atoms with van der Waals surface area (Å²) in [6, 6.07) is 10.1. The zero-order valence-electron chi connectivity index (χ0n) is 11.0. The van der Waals surface area contributed by atoms with Crippen molar-refractivity contribution in [2.24, 2.45) is 0 Å². The van der Waals surface area contributed by atoms with Gasteiger partial charge in [0.1, 0.15) is 5.69 Å². The van der Waals surface area contributed by atoms with Crippen molar-refractivity contribution in [2.45, 2.75) is 13.5 Å². The Bertz CT molecular complexity index is 573. The number of benzene rings is 2. The van der Waals surface area contributed by atoms with Gasteiger partial charge in [-0.2, -0.15) is 0 Å². The van der Waals surface area contributed by atoms with Crippen molar-refractivity contribution < 1.29 is 8.78 Å². The largest absolute Gasteiger partial charge is 0.399 e. The van der Waals surface area contributed by atoms with Gasteiger partial charge in [0.2, 0.25) is 0 Å². The fraction of sp³-hybridized carbons (Fsp3) is 0.200. The predicted molar refractivity (Wildman–Crippen MR) is 74.1 cm³/mol. The van der Waals surface area contributed by atoms with Crippen LogP contribution in [0.1, 0.15) is 11.1 Å². The third-order valence-corrected chi connectivity index (χ3v) is 2.92. The summed E-state index contributed by atoms with van der Waals surface area (Å²) < 4.78 is 27.6. The van der Waals surface area contributed by atoms with Crippen molar-refractivity contribution >= 4 is 11.4 Å². The second-order valence-electron chi connectivity index (χ2n) is 4.68. The van der Waals surface area contributed by atoms with Crippen molar-refractivity contribution in [3.8, 4) is 0 Å². The van der Waals surface area contributed by atoms with Gasteiger partial charge < -0.3 is 10.6 Å². The van der Waals surface area contributed by atoms with E-state index in [1.54, 1.807) is 11.9 Å². The van der Waals surface area contributed by atoms with E-state index >= 15 is 0 Å². The molecule has 0 amide bonds. The molecule has 0 spiro atoms. The van der Waals surface area contributed by atoms with Crippen LogP contribution in [0.2, 0.25) is 0 Å². The van der Waals surface area contributed by atoms with Gasteiger partial charge >= 0.3 is 0 Å². The molecule has 0 atom stereocenters. The van der Waals surface area contributed by atoms with Gasteiger partial charge in [-0.25, -0.2) is 8.78 Å². The van der Waals surface area contributed by atoms with Crippen LogP contribution in [0, 0.1) is 18.6 Å². The quantitative estimate of drug-likeness (QED) is 0.858. The first-order chi connectivity index (χ1) is 8.97. The van der Waals surface area contributed by atoms with Gasteiger partial charge in [0.05, 0.1) is 0 Å². The molecule has 2 rings (SSSR count). The number of nitrogens with two attached hydrogens (primary N) is 1. The molecule has 0 radical (unpaired) electrons. The van der Waals surface area contributed by atoms with E-state index in [0.29, 0.717) is 6.54 Å². The maximum Gasteiger partial charge on any atom is 0.151 e.